The summed E-state index contributed by atoms with van der Waals surface area (Å²) in [6.45, 7) is 5.60. The summed E-state index contributed by atoms with van der Waals surface area (Å²) >= 11 is 5.73. The minimum absolute atomic E-state index is 0.110. The summed E-state index contributed by atoms with van der Waals surface area (Å²) in [5, 5.41) is 3.27. The lowest BCUT2D eigenvalue weighted by Gasteiger charge is -2.23. The number of guanidine groups is 1. The highest BCUT2D eigenvalue weighted by atomic mass is 35.5. The Hall–Kier alpha value is -1.33. The molecule has 0 bridgehead atoms. The molecule has 1 aliphatic rings. The van der Waals surface area contributed by atoms with Crippen LogP contribution in [0.5, 0.6) is 0 Å². The van der Waals surface area contributed by atoms with E-state index < -0.39 is 5.82 Å². The molecule has 3 N–H and O–H groups in total. The number of nitrogens with two attached hydrogens (primary N) is 1. The Bertz CT molecular complexity index is 506. The molecule has 1 aliphatic heterocycles. The van der Waals surface area contributed by atoms with E-state index in [1.807, 2.05) is 0 Å². The summed E-state index contributed by atoms with van der Waals surface area (Å²) in [5.74, 6) is -0.00483. The highest BCUT2D eigenvalue weighted by Crippen LogP contribution is 2.17. The predicted octanol–water partition coefficient (Wildman–Crippen LogP) is 2.37. The van der Waals surface area contributed by atoms with Gasteiger partial charge in [-0.3, -0.25) is 4.90 Å². The van der Waals surface area contributed by atoms with E-state index in [0.717, 1.165) is 25.2 Å². The number of likely N-dealkylation sites (N-methyl/N-ethyl adjacent to an activating group) is 1. The van der Waals surface area contributed by atoms with Crippen LogP contribution >= 0.6 is 11.6 Å². The first-order valence-corrected chi connectivity index (χ1v) is 7.69. The summed E-state index contributed by atoms with van der Waals surface area (Å²) in [6, 6.07) is 5.11. The first-order valence-electron chi connectivity index (χ1n) is 7.32. The number of hydrogen-bond donors (Lipinski definition) is 2. The summed E-state index contributed by atoms with van der Waals surface area (Å²) in [6.07, 6.45) is 2.44. The van der Waals surface area contributed by atoms with E-state index in [9.17, 15) is 4.39 Å². The predicted molar refractivity (Wildman–Crippen MR) is 85.0 cm³/mol. The van der Waals surface area contributed by atoms with E-state index in [1.54, 1.807) is 12.1 Å². The molecule has 21 heavy (non-hydrogen) atoms. The topological polar surface area (TPSA) is 53.6 Å². The van der Waals surface area contributed by atoms with E-state index in [1.165, 1.54) is 18.9 Å². The number of hydrogen-bond acceptors (Lipinski definition) is 2. The average Bonchev–Trinajstić information content (AvgIpc) is 2.94. The van der Waals surface area contributed by atoms with Crippen molar-refractivity contribution in [2.75, 3.05) is 19.6 Å². The maximum absolute atomic E-state index is 13.1. The Kier molecular flexibility index (Phi) is 5.82. The number of nitrogens with zero attached hydrogens (tertiary/aromatic N) is 2. The second-order valence-electron chi connectivity index (χ2n) is 5.26. The highest BCUT2D eigenvalue weighted by Gasteiger charge is 2.22. The Morgan fingerprint density at radius 3 is 3.10 bits per heavy atom. The molecule has 2 rings (SSSR count). The second kappa shape index (κ2) is 7.61. The van der Waals surface area contributed by atoms with Crippen LogP contribution in [0.25, 0.3) is 0 Å². The van der Waals surface area contributed by atoms with Crippen LogP contribution in [0.3, 0.4) is 0 Å². The van der Waals surface area contributed by atoms with Crippen molar-refractivity contribution in [1.29, 1.82) is 0 Å². The molecule has 0 spiro atoms. The van der Waals surface area contributed by atoms with Crippen LogP contribution < -0.4 is 11.1 Å². The second-order valence-corrected chi connectivity index (χ2v) is 5.66. The summed E-state index contributed by atoms with van der Waals surface area (Å²) < 4.78 is 13.1. The molecule has 1 saturated heterocycles. The zero-order valence-corrected chi connectivity index (χ0v) is 13.0. The van der Waals surface area contributed by atoms with Gasteiger partial charge >= 0.3 is 0 Å². The van der Waals surface area contributed by atoms with Gasteiger partial charge in [0.05, 0.1) is 11.6 Å². The molecule has 0 aliphatic carbocycles. The molecule has 0 radical (unpaired) electrons. The third-order valence-corrected chi connectivity index (χ3v) is 4.13. The minimum atomic E-state index is -0.420. The molecule has 116 valence electrons. The van der Waals surface area contributed by atoms with Crippen LogP contribution in [0, 0.1) is 5.82 Å². The van der Waals surface area contributed by atoms with Gasteiger partial charge in [0.25, 0.3) is 0 Å². The maximum Gasteiger partial charge on any atom is 0.188 e. The first kappa shape index (κ1) is 16.0. The van der Waals surface area contributed by atoms with Crippen molar-refractivity contribution in [2.24, 2.45) is 10.7 Å². The quantitative estimate of drug-likeness (QED) is 0.648. The molecule has 1 fully saturated rings. The van der Waals surface area contributed by atoms with Gasteiger partial charge in [-0.25, -0.2) is 9.38 Å². The molecule has 0 saturated carbocycles. The summed E-state index contributed by atoms with van der Waals surface area (Å²) in [4.78, 5) is 6.71. The minimum Gasteiger partial charge on any atom is -0.370 e. The van der Waals surface area contributed by atoms with Crippen LogP contribution in [0.2, 0.25) is 5.02 Å². The van der Waals surface area contributed by atoms with Crippen LogP contribution in [0.4, 0.5) is 4.39 Å². The van der Waals surface area contributed by atoms with Crippen LogP contribution in [0.1, 0.15) is 25.3 Å². The Balaban J connectivity index is 1.82. The summed E-state index contributed by atoms with van der Waals surface area (Å²) in [7, 11) is 0. The van der Waals surface area contributed by atoms with Crippen molar-refractivity contribution in [3.05, 3.63) is 34.6 Å². The van der Waals surface area contributed by atoms with Gasteiger partial charge < -0.3 is 11.1 Å². The standard InChI is InChI=1S/C15H22ClFN4/c1-2-21-7-3-4-12(21)10-20-15(18)19-9-11-5-6-14(17)13(16)8-11/h5-6,8,12H,2-4,7,9-10H2,1H3,(H3,18,19,20). The zero-order valence-electron chi connectivity index (χ0n) is 12.3. The first-order chi connectivity index (χ1) is 10.1. The monoisotopic (exact) mass is 312 g/mol. The van der Waals surface area contributed by atoms with Crippen molar-refractivity contribution < 1.29 is 4.39 Å². The SMILES string of the molecule is CCN1CCCC1CNC(N)=NCc1ccc(F)c(Cl)c1. The molecule has 0 amide bonds. The van der Waals surface area contributed by atoms with Crippen molar-refractivity contribution >= 4 is 17.6 Å². The van der Waals surface area contributed by atoms with E-state index in [-0.39, 0.29) is 5.02 Å². The van der Waals surface area contributed by atoms with Gasteiger partial charge in [0.15, 0.2) is 5.96 Å². The number of nitrogens with one attached hydrogen (secondary N) is 1. The van der Waals surface area contributed by atoms with Crippen LogP contribution in [-0.2, 0) is 6.54 Å². The number of benzene rings is 1. The molecule has 4 nitrogen and oxygen atoms in total. The lowest BCUT2D eigenvalue weighted by Crippen LogP contribution is -2.42. The fourth-order valence-electron chi connectivity index (χ4n) is 2.64. The van der Waals surface area contributed by atoms with E-state index in [0.29, 0.717) is 18.5 Å². The molecule has 6 heteroatoms. The maximum atomic E-state index is 13.1. The molecule has 1 aromatic rings. The molecule has 1 atom stereocenters. The van der Waals surface area contributed by atoms with Gasteiger partial charge in [0, 0.05) is 12.6 Å². The van der Waals surface area contributed by atoms with Crippen LogP contribution in [-0.4, -0.2) is 36.5 Å². The average molecular weight is 313 g/mol. The normalized spacial score (nSPS) is 20.0. The molecule has 1 heterocycles. The summed E-state index contributed by atoms with van der Waals surface area (Å²) in [5.41, 5.74) is 6.70. The van der Waals surface area contributed by atoms with Crippen molar-refractivity contribution in [2.45, 2.75) is 32.4 Å². The zero-order chi connectivity index (χ0) is 15.2. The molecular weight excluding hydrogens is 291 g/mol. The number of likely N-dealkylation sites (tertiary alicyclic amines) is 1. The van der Waals surface area contributed by atoms with Gasteiger partial charge in [0.1, 0.15) is 5.82 Å². The Labute approximate surface area is 130 Å². The number of halogens is 2. The highest BCUT2D eigenvalue weighted by molar-refractivity contribution is 6.30. The van der Waals surface area contributed by atoms with E-state index >= 15 is 0 Å². The Morgan fingerprint density at radius 1 is 1.57 bits per heavy atom. The van der Waals surface area contributed by atoms with Crippen LogP contribution in [0.15, 0.2) is 23.2 Å². The third kappa shape index (κ3) is 4.58. The Morgan fingerprint density at radius 2 is 2.38 bits per heavy atom. The number of aliphatic imine (C=N–C) groups is 1. The van der Waals surface area contributed by atoms with Gasteiger partial charge in [-0.1, -0.05) is 24.6 Å². The molecule has 1 aromatic carbocycles. The fourth-order valence-corrected chi connectivity index (χ4v) is 2.84. The van der Waals surface area contributed by atoms with Crippen molar-refractivity contribution in [3.63, 3.8) is 0 Å². The molecular formula is C15H22ClFN4. The van der Waals surface area contributed by atoms with E-state index in [4.69, 9.17) is 17.3 Å². The van der Waals surface area contributed by atoms with Gasteiger partial charge in [-0.05, 0) is 43.6 Å². The van der Waals surface area contributed by atoms with Crippen molar-refractivity contribution in [3.8, 4) is 0 Å². The van der Waals surface area contributed by atoms with E-state index in [2.05, 4.69) is 22.1 Å². The van der Waals surface area contributed by atoms with Gasteiger partial charge in [-0.15, -0.1) is 0 Å². The molecule has 1 unspecified atom stereocenters. The fraction of sp³-hybridized carbons (Fsp3) is 0.533. The number of rotatable bonds is 5. The largest absolute Gasteiger partial charge is 0.370 e. The third-order valence-electron chi connectivity index (χ3n) is 3.84. The lowest BCUT2D eigenvalue weighted by molar-refractivity contribution is 0.267. The van der Waals surface area contributed by atoms with Crippen molar-refractivity contribution in [1.82, 2.24) is 10.2 Å². The smallest absolute Gasteiger partial charge is 0.188 e. The lowest BCUT2D eigenvalue weighted by atomic mass is 10.2. The van der Waals surface area contributed by atoms with Gasteiger partial charge in [-0.2, -0.15) is 0 Å². The van der Waals surface area contributed by atoms with Gasteiger partial charge in [0.2, 0.25) is 0 Å². The molecule has 0 aromatic heterocycles.